The molecule has 0 aromatic rings. The minimum atomic E-state index is 0.998. The van der Waals surface area contributed by atoms with Crippen molar-refractivity contribution in [1.82, 2.24) is 10.2 Å². The lowest BCUT2D eigenvalue weighted by molar-refractivity contribution is 0.321. The molecule has 2 heteroatoms. The van der Waals surface area contributed by atoms with Crippen LogP contribution in [0.25, 0.3) is 0 Å². The summed E-state index contributed by atoms with van der Waals surface area (Å²) in [5.74, 6) is 0. The van der Waals surface area contributed by atoms with Crippen molar-refractivity contribution in [2.45, 2.75) is 6.92 Å². The van der Waals surface area contributed by atoms with Gasteiger partial charge in [-0.15, -0.1) is 6.58 Å². The molecule has 0 heterocycles. The van der Waals surface area contributed by atoms with Crippen LogP contribution in [0.4, 0.5) is 0 Å². The maximum absolute atomic E-state index is 3.69. The summed E-state index contributed by atoms with van der Waals surface area (Å²) in [4.78, 5) is 2.34. The standard InChI is InChI=1S/C8H18N2/c1-4-7-10(5-2)8-6-9-3/h4,9H,1,5-8H2,2-3H3. The Bertz CT molecular complexity index is 81.3. The Labute approximate surface area is 63.9 Å². The van der Waals surface area contributed by atoms with Gasteiger partial charge in [-0.25, -0.2) is 0 Å². The quantitative estimate of drug-likeness (QED) is 0.550. The topological polar surface area (TPSA) is 15.3 Å². The fourth-order valence-electron chi connectivity index (χ4n) is 0.831. The summed E-state index contributed by atoms with van der Waals surface area (Å²) in [6, 6.07) is 0. The van der Waals surface area contributed by atoms with Crippen LogP contribution in [0.5, 0.6) is 0 Å². The van der Waals surface area contributed by atoms with Crippen molar-refractivity contribution in [3.05, 3.63) is 12.7 Å². The number of nitrogens with zero attached hydrogens (tertiary/aromatic N) is 1. The number of likely N-dealkylation sites (N-methyl/N-ethyl adjacent to an activating group) is 2. The van der Waals surface area contributed by atoms with Crippen LogP contribution in [0.3, 0.4) is 0 Å². The van der Waals surface area contributed by atoms with E-state index in [1.54, 1.807) is 0 Å². The third-order valence-corrected chi connectivity index (χ3v) is 1.51. The minimum Gasteiger partial charge on any atom is -0.318 e. The number of rotatable bonds is 6. The first-order valence-corrected chi connectivity index (χ1v) is 3.83. The lowest BCUT2D eigenvalue weighted by atomic mass is 10.4. The largest absolute Gasteiger partial charge is 0.318 e. The van der Waals surface area contributed by atoms with Gasteiger partial charge in [-0.3, -0.25) is 4.90 Å². The van der Waals surface area contributed by atoms with Gasteiger partial charge in [0.15, 0.2) is 0 Å². The Morgan fingerprint density at radius 3 is 2.70 bits per heavy atom. The molecule has 1 N–H and O–H groups in total. The van der Waals surface area contributed by atoms with Crippen molar-refractivity contribution in [3.8, 4) is 0 Å². The van der Waals surface area contributed by atoms with Gasteiger partial charge in [0.1, 0.15) is 0 Å². The second-order valence-corrected chi connectivity index (χ2v) is 2.29. The second kappa shape index (κ2) is 6.78. The third-order valence-electron chi connectivity index (χ3n) is 1.51. The molecule has 60 valence electrons. The van der Waals surface area contributed by atoms with E-state index in [0.29, 0.717) is 0 Å². The first-order chi connectivity index (χ1) is 4.85. The predicted molar refractivity (Wildman–Crippen MR) is 46.2 cm³/mol. The molecule has 0 rings (SSSR count). The first-order valence-electron chi connectivity index (χ1n) is 3.83. The average Bonchev–Trinajstić information content (AvgIpc) is 1.98. The smallest absolute Gasteiger partial charge is 0.0161 e. The van der Waals surface area contributed by atoms with Crippen molar-refractivity contribution >= 4 is 0 Å². The van der Waals surface area contributed by atoms with Crippen LogP contribution in [0.1, 0.15) is 6.92 Å². The Balaban J connectivity index is 3.29. The van der Waals surface area contributed by atoms with Gasteiger partial charge in [-0.1, -0.05) is 13.0 Å². The highest BCUT2D eigenvalue weighted by Crippen LogP contribution is 1.84. The molecule has 0 unspecified atom stereocenters. The van der Waals surface area contributed by atoms with Gasteiger partial charge in [0.05, 0.1) is 0 Å². The lowest BCUT2D eigenvalue weighted by Gasteiger charge is -2.17. The number of hydrogen-bond donors (Lipinski definition) is 1. The molecule has 0 aliphatic heterocycles. The normalized spacial score (nSPS) is 10.3. The summed E-state index contributed by atoms with van der Waals surface area (Å²) in [6.45, 7) is 10.1. The Kier molecular flexibility index (Phi) is 6.55. The summed E-state index contributed by atoms with van der Waals surface area (Å²) < 4.78 is 0. The zero-order chi connectivity index (χ0) is 7.82. The molecule has 0 aromatic carbocycles. The van der Waals surface area contributed by atoms with E-state index in [1.807, 2.05) is 13.1 Å². The minimum absolute atomic E-state index is 0.998. The van der Waals surface area contributed by atoms with Gasteiger partial charge >= 0.3 is 0 Å². The molecule has 0 aliphatic rings. The molecule has 2 nitrogen and oxygen atoms in total. The summed E-state index contributed by atoms with van der Waals surface area (Å²) in [5.41, 5.74) is 0. The van der Waals surface area contributed by atoms with Crippen LogP contribution >= 0.6 is 0 Å². The van der Waals surface area contributed by atoms with E-state index in [9.17, 15) is 0 Å². The predicted octanol–water partition coefficient (Wildman–Crippen LogP) is 0.714. The first kappa shape index (κ1) is 9.66. The molecule has 0 radical (unpaired) electrons. The highest BCUT2D eigenvalue weighted by Gasteiger charge is 1.95. The zero-order valence-electron chi connectivity index (χ0n) is 7.06. The number of nitrogens with one attached hydrogen (secondary N) is 1. The molecule has 10 heavy (non-hydrogen) atoms. The van der Waals surface area contributed by atoms with Crippen molar-refractivity contribution < 1.29 is 0 Å². The van der Waals surface area contributed by atoms with E-state index in [0.717, 1.165) is 26.2 Å². The van der Waals surface area contributed by atoms with Gasteiger partial charge in [0, 0.05) is 19.6 Å². The molecule has 0 saturated heterocycles. The Hall–Kier alpha value is -0.340. The fraction of sp³-hybridized carbons (Fsp3) is 0.750. The molecule has 0 amide bonds. The maximum Gasteiger partial charge on any atom is 0.0161 e. The SMILES string of the molecule is C=CCN(CC)CCNC. The van der Waals surface area contributed by atoms with E-state index in [4.69, 9.17) is 0 Å². The molecule has 0 saturated carbocycles. The van der Waals surface area contributed by atoms with Crippen LogP contribution in [0, 0.1) is 0 Å². The van der Waals surface area contributed by atoms with Crippen molar-refractivity contribution in [2.24, 2.45) is 0 Å². The molecular weight excluding hydrogens is 124 g/mol. The number of hydrogen-bond acceptors (Lipinski definition) is 2. The molecule has 0 bridgehead atoms. The summed E-state index contributed by atoms with van der Waals surface area (Å²) in [7, 11) is 1.97. The van der Waals surface area contributed by atoms with Gasteiger partial charge < -0.3 is 5.32 Å². The fourth-order valence-corrected chi connectivity index (χ4v) is 0.831. The third kappa shape index (κ3) is 4.53. The van der Waals surface area contributed by atoms with Crippen molar-refractivity contribution in [1.29, 1.82) is 0 Å². The summed E-state index contributed by atoms with van der Waals surface area (Å²) in [5, 5.41) is 3.11. The van der Waals surface area contributed by atoms with Gasteiger partial charge in [0.25, 0.3) is 0 Å². The van der Waals surface area contributed by atoms with Gasteiger partial charge in [-0.05, 0) is 13.6 Å². The monoisotopic (exact) mass is 142 g/mol. The Morgan fingerprint density at radius 1 is 1.60 bits per heavy atom. The van der Waals surface area contributed by atoms with Crippen molar-refractivity contribution in [3.63, 3.8) is 0 Å². The zero-order valence-corrected chi connectivity index (χ0v) is 7.06. The van der Waals surface area contributed by atoms with E-state index in [-0.39, 0.29) is 0 Å². The van der Waals surface area contributed by atoms with Crippen molar-refractivity contribution in [2.75, 3.05) is 33.2 Å². The molecular formula is C8H18N2. The van der Waals surface area contributed by atoms with Crippen LogP contribution in [0.15, 0.2) is 12.7 Å². The van der Waals surface area contributed by atoms with Crippen LogP contribution in [-0.2, 0) is 0 Å². The van der Waals surface area contributed by atoms with E-state index in [2.05, 4.69) is 23.7 Å². The second-order valence-electron chi connectivity index (χ2n) is 2.29. The molecule has 0 aromatic heterocycles. The molecule has 0 fully saturated rings. The summed E-state index contributed by atoms with van der Waals surface area (Å²) in [6.07, 6.45) is 1.94. The molecule has 0 atom stereocenters. The van der Waals surface area contributed by atoms with Crippen LogP contribution < -0.4 is 5.32 Å². The average molecular weight is 142 g/mol. The van der Waals surface area contributed by atoms with Gasteiger partial charge in [-0.2, -0.15) is 0 Å². The van der Waals surface area contributed by atoms with Crippen LogP contribution in [0.2, 0.25) is 0 Å². The highest BCUT2D eigenvalue weighted by molar-refractivity contribution is 4.72. The summed E-state index contributed by atoms with van der Waals surface area (Å²) >= 11 is 0. The van der Waals surface area contributed by atoms with Crippen LogP contribution in [-0.4, -0.2) is 38.1 Å². The highest BCUT2D eigenvalue weighted by atomic mass is 15.1. The van der Waals surface area contributed by atoms with E-state index >= 15 is 0 Å². The molecule has 0 aliphatic carbocycles. The van der Waals surface area contributed by atoms with Gasteiger partial charge in [0.2, 0.25) is 0 Å². The molecule has 0 spiro atoms. The Morgan fingerprint density at radius 2 is 2.30 bits per heavy atom. The maximum atomic E-state index is 3.69. The van der Waals surface area contributed by atoms with E-state index in [1.165, 1.54) is 0 Å². The lowest BCUT2D eigenvalue weighted by Crippen LogP contribution is -2.30. The van der Waals surface area contributed by atoms with E-state index < -0.39 is 0 Å².